The molecule has 8 heteroatoms. The lowest BCUT2D eigenvalue weighted by Gasteiger charge is -2.31. The molecule has 1 heterocycles. The Kier molecular flexibility index (Phi) is 7.02. The van der Waals surface area contributed by atoms with Crippen LogP contribution in [0, 0.1) is 0 Å². The van der Waals surface area contributed by atoms with E-state index in [9.17, 15) is 18.0 Å². The average Bonchev–Trinajstić information content (AvgIpc) is 2.76. The number of ether oxygens (including phenoxy) is 1. The number of hydrogen-bond acceptors (Lipinski definition) is 5. The Hall–Kier alpha value is -2.97. The van der Waals surface area contributed by atoms with E-state index in [2.05, 4.69) is 4.72 Å². The molecule has 7 nitrogen and oxygen atoms in total. The van der Waals surface area contributed by atoms with Gasteiger partial charge in [0.25, 0.3) is 5.91 Å². The number of benzene rings is 2. The van der Waals surface area contributed by atoms with E-state index in [4.69, 9.17) is 4.74 Å². The first kappa shape index (κ1) is 21.7. The number of nitrogens with one attached hydrogen (secondary N) is 1. The second-order valence-corrected chi connectivity index (χ2v) is 8.58. The average molecular weight is 429 g/mol. The molecule has 3 rings (SSSR count). The van der Waals surface area contributed by atoms with Crippen molar-refractivity contribution in [2.75, 3.05) is 18.0 Å². The van der Waals surface area contributed by atoms with Crippen molar-refractivity contribution in [2.45, 2.75) is 25.9 Å². The zero-order valence-electron chi connectivity index (χ0n) is 16.7. The van der Waals surface area contributed by atoms with Gasteiger partial charge >= 0.3 is 5.97 Å². The number of carbonyl (C=O) groups excluding carboxylic acids is 2. The molecule has 0 saturated heterocycles. The first-order valence-electron chi connectivity index (χ1n) is 9.67. The molecule has 2 aromatic carbocycles. The molecule has 0 bridgehead atoms. The largest absolute Gasteiger partial charge is 0.452 e. The molecule has 0 fully saturated rings. The summed E-state index contributed by atoms with van der Waals surface area (Å²) in [4.78, 5) is 26.4. The van der Waals surface area contributed by atoms with Crippen LogP contribution in [-0.2, 0) is 30.8 Å². The number of para-hydroxylation sites is 1. The Bertz CT molecular complexity index is 1030. The third-order valence-electron chi connectivity index (χ3n) is 4.69. The molecule has 1 amide bonds. The van der Waals surface area contributed by atoms with Crippen LogP contribution in [0.2, 0.25) is 0 Å². The van der Waals surface area contributed by atoms with Gasteiger partial charge in [0.1, 0.15) is 6.54 Å². The molecule has 0 spiro atoms. The van der Waals surface area contributed by atoms with Crippen LogP contribution in [-0.4, -0.2) is 39.5 Å². The zero-order chi connectivity index (χ0) is 21.6. The van der Waals surface area contributed by atoms with Crippen molar-refractivity contribution in [1.29, 1.82) is 0 Å². The first-order chi connectivity index (χ1) is 14.4. The molecule has 0 radical (unpaired) electrons. The van der Waals surface area contributed by atoms with Crippen LogP contribution in [0.25, 0.3) is 6.08 Å². The topological polar surface area (TPSA) is 92.8 Å². The van der Waals surface area contributed by atoms with Crippen molar-refractivity contribution in [1.82, 2.24) is 4.72 Å². The predicted molar refractivity (Wildman–Crippen MR) is 115 cm³/mol. The lowest BCUT2D eigenvalue weighted by Crippen LogP contribution is -2.43. The summed E-state index contributed by atoms with van der Waals surface area (Å²) in [6, 6.07) is 16.5. The molecule has 0 saturated carbocycles. The van der Waals surface area contributed by atoms with Crippen LogP contribution in [0.3, 0.4) is 0 Å². The van der Waals surface area contributed by atoms with E-state index in [0.717, 1.165) is 29.5 Å². The summed E-state index contributed by atoms with van der Waals surface area (Å²) >= 11 is 0. The molecule has 1 N–H and O–H groups in total. The lowest BCUT2D eigenvalue weighted by atomic mass is 10.0. The summed E-state index contributed by atoms with van der Waals surface area (Å²) in [6.45, 7) is 1.48. The highest BCUT2D eigenvalue weighted by atomic mass is 32.2. The molecule has 2 aromatic rings. The minimum Gasteiger partial charge on any atom is -0.452 e. The van der Waals surface area contributed by atoms with Crippen molar-refractivity contribution in [3.05, 3.63) is 71.1 Å². The lowest BCUT2D eigenvalue weighted by molar-refractivity contribution is -0.152. The van der Waals surface area contributed by atoms with Gasteiger partial charge in [0, 0.05) is 17.6 Å². The van der Waals surface area contributed by atoms with Gasteiger partial charge in [-0.15, -0.1) is 0 Å². The van der Waals surface area contributed by atoms with E-state index in [1.54, 1.807) is 29.2 Å². The number of amides is 1. The monoisotopic (exact) mass is 428 g/mol. The van der Waals surface area contributed by atoms with Crippen LogP contribution in [0.4, 0.5) is 5.69 Å². The van der Waals surface area contributed by atoms with E-state index in [-0.39, 0.29) is 5.91 Å². The molecular formula is C22H24N2O5S. The van der Waals surface area contributed by atoms with E-state index in [1.165, 1.54) is 13.0 Å². The van der Waals surface area contributed by atoms with Crippen molar-refractivity contribution in [2.24, 2.45) is 0 Å². The van der Waals surface area contributed by atoms with Gasteiger partial charge in [-0.1, -0.05) is 48.5 Å². The number of aryl methyl sites for hydroxylation is 1. The van der Waals surface area contributed by atoms with Crippen LogP contribution < -0.4 is 9.62 Å². The summed E-state index contributed by atoms with van der Waals surface area (Å²) in [6.07, 6.45) is 2.13. The minimum atomic E-state index is -3.82. The number of carbonyl (C=O) groups is 2. The summed E-state index contributed by atoms with van der Waals surface area (Å²) in [5.74, 6) is -1.15. The van der Waals surface area contributed by atoms with Crippen molar-refractivity contribution < 1.29 is 22.7 Å². The Morgan fingerprint density at radius 1 is 1.13 bits per heavy atom. The summed E-state index contributed by atoms with van der Waals surface area (Å²) in [7, 11) is -3.82. The highest BCUT2D eigenvalue weighted by Crippen LogP contribution is 2.27. The molecule has 158 valence electrons. The Balaban J connectivity index is 1.53. The molecule has 0 unspecified atom stereocenters. The number of hydrogen-bond donors (Lipinski definition) is 1. The van der Waals surface area contributed by atoms with Crippen molar-refractivity contribution in [3.63, 3.8) is 0 Å². The van der Waals surface area contributed by atoms with Crippen molar-refractivity contribution in [3.8, 4) is 0 Å². The first-order valence-corrected chi connectivity index (χ1v) is 11.2. The molecule has 1 atom stereocenters. The molecule has 0 aromatic heterocycles. The van der Waals surface area contributed by atoms with Gasteiger partial charge in [0.2, 0.25) is 10.0 Å². The molecule has 1 aliphatic rings. The van der Waals surface area contributed by atoms with Gasteiger partial charge in [0.15, 0.2) is 6.10 Å². The third kappa shape index (κ3) is 5.77. The van der Waals surface area contributed by atoms with E-state index in [0.29, 0.717) is 12.1 Å². The van der Waals surface area contributed by atoms with Gasteiger partial charge in [-0.05, 0) is 43.0 Å². The molecule has 30 heavy (non-hydrogen) atoms. The molecular weight excluding hydrogens is 404 g/mol. The second-order valence-electron chi connectivity index (χ2n) is 6.93. The summed E-state index contributed by atoms with van der Waals surface area (Å²) in [5.41, 5.74) is 2.61. The minimum absolute atomic E-state index is 0.331. The van der Waals surface area contributed by atoms with Gasteiger partial charge in [-0.2, -0.15) is 0 Å². The Morgan fingerprint density at radius 2 is 1.83 bits per heavy atom. The number of sulfonamides is 1. The van der Waals surface area contributed by atoms with Gasteiger partial charge in [-0.3, -0.25) is 9.59 Å². The quantitative estimate of drug-likeness (QED) is 0.684. The normalized spacial score (nSPS) is 14.9. The molecule has 0 aliphatic carbocycles. The van der Waals surface area contributed by atoms with E-state index in [1.807, 2.05) is 30.3 Å². The van der Waals surface area contributed by atoms with E-state index < -0.39 is 28.6 Å². The number of rotatable bonds is 7. The zero-order valence-corrected chi connectivity index (χ0v) is 17.5. The molecule has 1 aliphatic heterocycles. The SMILES string of the molecule is C[C@H](OC(=O)CNS(=O)(=O)/C=C/c1ccccc1)C(=O)N1CCCc2ccccc21. The highest BCUT2D eigenvalue weighted by molar-refractivity contribution is 7.92. The maximum absolute atomic E-state index is 12.8. The highest BCUT2D eigenvalue weighted by Gasteiger charge is 2.28. The predicted octanol–water partition coefficient (Wildman–Crippen LogP) is 2.49. The summed E-state index contributed by atoms with van der Waals surface area (Å²) in [5, 5.41) is 0.981. The Labute approximate surface area is 176 Å². The van der Waals surface area contributed by atoms with Crippen molar-refractivity contribution >= 4 is 33.7 Å². The second kappa shape index (κ2) is 9.69. The van der Waals surface area contributed by atoms with Crippen LogP contribution in [0.15, 0.2) is 60.0 Å². The van der Waals surface area contributed by atoms with Gasteiger partial charge in [-0.25, -0.2) is 13.1 Å². The van der Waals surface area contributed by atoms with Crippen LogP contribution >= 0.6 is 0 Å². The number of nitrogens with zero attached hydrogens (tertiary/aromatic N) is 1. The van der Waals surface area contributed by atoms with Crippen LogP contribution in [0.1, 0.15) is 24.5 Å². The number of esters is 1. The third-order valence-corrected chi connectivity index (χ3v) is 5.73. The summed E-state index contributed by atoms with van der Waals surface area (Å²) < 4.78 is 31.4. The number of anilines is 1. The fourth-order valence-corrected chi connectivity index (χ4v) is 3.96. The smallest absolute Gasteiger partial charge is 0.321 e. The fraction of sp³-hybridized carbons (Fsp3) is 0.273. The van der Waals surface area contributed by atoms with Gasteiger partial charge < -0.3 is 9.64 Å². The standard InChI is InChI=1S/C22H24N2O5S/c1-17(22(26)24-14-7-11-19-10-5-6-12-20(19)24)29-21(25)16-23-30(27,28)15-13-18-8-3-2-4-9-18/h2-6,8-10,12-13,15,17,23H,7,11,14,16H2,1H3/b15-13+/t17-/m0/s1. The van der Waals surface area contributed by atoms with Crippen LogP contribution in [0.5, 0.6) is 0 Å². The fourth-order valence-electron chi connectivity index (χ4n) is 3.21. The van der Waals surface area contributed by atoms with E-state index >= 15 is 0 Å². The number of fused-ring (bicyclic) bond motifs is 1. The maximum atomic E-state index is 12.8. The Morgan fingerprint density at radius 3 is 2.60 bits per heavy atom. The van der Waals surface area contributed by atoms with Gasteiger partial charge in [0.05, 0.1) is 0 Å². The maximum Gasteiger partial charge on any atom is 0.321 e.